The highest BCUT2D eigenvalue weighted by molar-refractivity contribution is 5.96. The number of nitrogens with two attached hydrogens (primary N) is 1. The summed E-state index contributed by atoms with van der Waals surface area (Å²) in [5.41, 5.74) is 4.38. The van der Waals surface area contributed by atoms with Crippen LogP contribution in [0.4, 0.5) is 13.2 Å². The average molecular weight is 329 g/mol. The van der Waals surface area contributed by atoms with E-state index in [4.69, 9.17) is 5.73 Å². The van der Waals surface area contributed by atoms with E-state index in [1.165, 1.54) is 11.8 Å². The van der Waals surface area contributed by atoms with Gasteiger partial charge in [0.1, 0.15) is 5.69 Å². The predicted octanol–water partition coefficient (Wildman–Crippen LogP) is 2.13. The fourth-order valence-corrected chi connectivity index (χ4v) is 2.72. The van der Waals surface area contributed by atoms with Crippen molar-refractivity contribution in [2.45, 2.75) is 38.9 Å². The zero-order chi connectivity index (χ0) is 17.4. The molecule has 2 amide bonds. The summed E-state index contributed by atoms with van der Waals surface area (Å²) >= 11 is 0. The number of piperidine rings is 1. The second-order valence-electron chi connectivity index (χ2n) is 5.81. The van der Waals surface area contributed by atoms with Crippen LogP contribution < -0.4 is 5.73 Å². The van der Waals surface area contributed by atoms with Crippen LogP contribution >= 0.6 is 0 Å². The van der Waals surface area contributed by atoms with E-state index in [2.05, 4.69) is 4.98 Å². The number of hydrogen-bond donors (Lipinski definition) is 1. The Morgan fingerprint density at radius 2 is 1.96 bits per heavy atom. The maximum absolute atomic E-state index is 12.6. The van der Waals surface area contributed by atoms with Gasteiger partial charge in [-0.25, -0.2) is 4.98 Å². The molecule has 1 aromatic heterocycles. The van der Waals surface area contributed by atoms with Crippen LogP contribution in [-0.2, 0) is 11.0 Å². The third-order valence-electron chi connectivity index (χ3n) is 4.15. The molecule has 2 rings (SSSR count). The van der Waals surface area contributed by atoms with E-state index < -0.39 is 29.6 Å². The van der Waals surface area contributed by atoms with E-state index in [0.717, 1.165) is 12.1 Å². The topological polar surface area (TPSA) is 76.3 Å². The normalized spacial score (nSPS) is 22.0. The van der Waals surface area contributed by atoms with Crippen molar-refractivity contribution >= 4 is 11.8 Å². The summed E-state index contributed by atoms with van der Waals surface area (Å²) in [6, 6.07) is 1.81. The number of alkyl halides is 3. The lowest BCUT2D eigenvalue weighted by atomic mass is 9.92. The molecule has 0 radical (unpaired) electrons. The lowest BCUT2D eigenvalue weighted by Gasteiger charge is -2.37. The second-order valence-corrected chi connectivity index (χ2v) is 5.81. The van der Waals surface area contributed by atoms with E-state index in [9.17, 15) is 22.8 Å². The van der Waals surface area contributed by atoms with Gasteiger partial charge >= 0.3 is 6.18 Å². The smallest absolute Gasteiger partial charge is 0.369 e. The number of rotatable bonds is 2. The molecule has 0 aromatic carbocycles. The minimum absolute atomic E-state index is 0.0122. The third kappa shape index (κ3) is 3.62. The Bertz CT molecular complexity index is 631. The van der Waals surface area contributed by atoms with Crippen molar-refractivity contribution < 1.29 is 22.8 Å². The Morgan fingerprint density at radius 3 is 2.48 bits per heavy atom. The molecule has 5 nitrogen and oxygen atoms in total. The molecular weight excluding hydrogens is 311 g/mol. The molecular formula is C15H18F3N3O2. The van der Waals surface area contributed by atoms with Gasteiger partial charge in [-0.2, -0.15) is 13.2 Å². The minimum atomic E-state index is -4.55. The largest absolute Gasteiger partial charge is 0.433 e. The van der Waals surface area contributed by atoms with E-state index in [1.807, 2.05) is 6.92 Å². The SMILES string of the molecule is Cc1nc(C(F)(F)F)ccc1C(=O)N1C[C@H](C(N)=O)CC[C@H]1C. The fourth-order valence-electron chi connectivity index (χ4n) is 2.72. The molecule has 1 fully saturated rings. The van der Waals surface area contributed by atoms with E-state index >= 15 is 0 Å². The van der Waals surface area contributed by atoms with Gasteiger partial charge in [-0.3, -0.25) is 9.59 Å². The number of hydrogen-bond acceptors (Lipinski definition) is 3. The van der Waals surface area contributed by atoms with Gasteiger partial charge in [-0.1, -0.05) is 0 Å². The number of likely N-dealkylation sites (tertiary alicyclic amines) is 1. The first kappa shape index (κ1) is 17.2. The van der Waals surface area contributed by atoms with Crippen molar-refractivity contribution in [2.24, 2.45) is 11.7 Å². The van der Waals surface area contributed by atoms with Crippen LogP contribution in [-0.4, -0.2) is 34.3 Å². The van der Waals surface area contributed by atoms with Gasteiger partial charge in [0.15, 0.2) is 0 Å². The molecule has 126 valence electrons. The van der Waals surface area contributed by atoms with Crippen molar-refractivity contribution in [1.82, 2.24) is 9.88 Å². The van der Waals surface area contributed by atoms with Crippen LogP contribution in [0, 0.1) is 12.8 Å². The number of primary amides is 1. The van der Waals surface area contributed by atoms with E-state index in [-0.39, 0.29) is 23.8 Å². The van der Waals surface area contributed by atoms with Gasteiger partial charge in [-0.15, -0.1) is 0 Å². The summed E-state index contributed by atoms with van der Waals surface area (Å²) in [7, 11) is 0. The van der Waals surface area contributed by atoms with Gasteiger partial charge in [0.25, 0.3) is 5.91 Å². The van der Waals surface area contributed by atoms with Gasteiger partial charge in [0.2, 0.25) is 5.91 Å². The molecule has 0 saturated carbocycles. The highest BCUT2D eigenvalue weighted by atomic mass is 19.4. The van der Waals surface area contributed by atoms with Crippen LogP contribution in [0.2, 0.25) is 0 Å². The Labute approximate surface area is 131 Å². The zero-order valence-electron chi connectivity index (χ0n) is 12.9. The first-order chi connectivity index (χ1) is 10.6. The maximum Gasteiger partial charge on any atom is 0.433 e. The van der Waals surface area contributed by atoms with Gasteiger partial charge < -0.3 is 10.6 Å². The van der Waals surface area contributed by atoms with Gasteiger partial charge in [0.05, 0.1) is 17.2 Å². The van der Waals surface area contributed by atoms with Crippen molar-refractivity contribution in [1.29, 1.82) is 0 Å². The van der Waals surface area contributed by atoms with Crippen LogP contribution in [0.3, 0.4) is 0 Å². The van der Waals surface area contributed by atoms with E-state index in [0.29, 0.717) is 12.8 Å². The molecule has 0 aliphatic carbocycles. The van der Waals surface area contributed by atoms with Crippen molar-refractivity contribution in [3.8, 4) is 0 Å². The molecule has 1 aromatic rings. The molecule has 0 bridgehead atoms. The highest BCUT2D eigenvalue weighted by Gasteiger charge is 2.35. The average Bonchev–Trinajstić information content (AvgIpc) is 2.45. The number of carbonyl (C=O) groups excluding carboxylic acids is 2. The molecule has 8 heteroatoms. The van der Waals surface area contributed by atoms with Crippen LogP contribution in [0.5, 0.6) is 0 Å². The van der Waals surface area contributed by atoms with Crippen LogP contribution in [0.25, 0.3) is 0 Å². The van der Waals surface area contributed by atoms with Crippen molar-refractivity contribution in [3.05, 3.63) is 29.1 Å². The monoisotopic (exact) mass is 329 g/mol. The number of nitrogens with zero attached hydrogens (tertiary/aromatic N) is 2. The number of carbonyl (C=O) groups is 2. The van der Waals surface area contributed by atoms with E-state index in [1.54, 1.807) is 0 Å². The first-order valence-electron chi connectivity index (χ1n) is 7.26. The summed E-state index contributed by atoms with van der Waals surface area (Å²) < 4.78 is 37.9. The Hall–Kier alpha value is -2.12. The Balaban J connectivity index is 2.27. The molecule has 0 spiro atoms. The summed E-state index contributed by atoms with van der Waals surface area (Å²) in [4.78, 5) is 28.9. The lowest BCUT2D eigenvalue weighted by molar-refractivity contribution is -0.141. The molecule has 23 heavy (non-hydrogen) atoms. The lowest BCUT2D eigenvalue weighted by Crippen LogP contribution is -2.48. The molecule has 1 aliphatic rings. The summed E-state index contributed by atoms with van der Waals surface area (Å²) in [5, 5.41) is 0. The molecule has 2 atom stereocenters. The standard InChI is InChI=1S/C15H18F3N3O2/c1-8-3-4-10(13(19)22)7-21(8)14(23)11-5-6-12(15(16,17)18)20-9(11)2/h5-6,8,10H,3-4,7H2,1-2H3,(H2,19,22)/t8-,10-/m1/s1. The van der Waals surface area contributed by atoms with Gasteiger partial charge in [-0.05, 0) is 38.8 Å². The third-order valence-corrected chi connectivity index (χ3v) is 4.15. The molecule has 1 saturated heterocycles. The fraction of sp³-hybridized carbons (Fsp3) is 0.533. The Morgan fingerprint density at radius 1 is 1.30 bits per heavy atom. The predicted molar refractivity (Wildman–Crippen MR) is 76.4 cm³/mol. The number of aromatic nitrogens is 1. The van der Waals surface area contributed by atoms with Gasteiger partial charge in [0, 0.05) is 12.6 Å². The summed E-state index contributed by atoms with van der Waals surface area (Å²) in [6.07, 6.45) is -3.33. The number of pyridine rings is 1. The summed E-state index contributed by atoms with van der Waals surface area (Å²) in [5.74, 6) is -1.34. The van der Waals surface area contributed by atoms with Crippen LogP contribution in [0.15, 0.2) is 12.1 Å². The zero-order valence-corrected chi connectivity index (χ0v) is 12.9. The quantitative estimate of drug-likeness (QED) is 0.903. The van der Waals surface area contributed by atoms with Crippen molar-refractivity contribution in [2.75, 3.05) is 6.54 Å². The Kier molecular flexibility index (Phi) is 4.63. The molecule has 0 unspecified atom stereocenters. The number of aryl methyl sites for hydroxylation is 1. The maximum atomic E-state index is 12.6. The summed E-state index contributed by atoms with van der Waals surface area (Å²) in [6.45, 7) is 3.38. The first-order valence-corrected chi connectivity index (χ1v) is 7.26. The molecule has 2 N–H and O–H groups in total. The molecule has 1 aliphatic heterocycles. The highest BCUT2D eigenvalue weighted by Crippen LogP contribution is 2.29. The van der Waals surface area contributed by atoms with Crippen molar-refractivity contribution in [3.63, 3.8) is 0 Å². The van der Waals surface area contributed by atoms with Crippen LogP contribution in [0.1, 0.15) is 41.5 Å². The molecule has 2 heterocycles. The number of halogens is 3. The minimum Gasteiger partial charge on any atom is -0.369 e. The number of amides is 2. The second kappa shape index (κ2) is 6.17.